The molecule has 0 saturated carbocycles. The second-order valence-electron chi connectivity index (χ2n) is 3.92. The number of ketones is 1. The number of hydrogen-bond donors (Lipinski definition) is 0. The molecule has 3 heteroatoms. The van der Waals surface area contributed by atoms with Crippen molar-refractivity contribution < 1.29 is 14.3 Å². The number of esters is 1. The number of ether oxygens (including phenoxy) is 1. The van der Waals surface area contributed by atoms with Gasteiger partial charge in [0.25, 0.3) is 0 Å². The molecule has 0 radical (unpaired) electrons. The summed E-state index contributed by atoms with van der Waals surface area (Å²) in [5.41, 5.74) is 0. The van der Waals surface area contributed by atoms with Gasteiger partial charge in [-0.15, -0.1) is 0 Å². The van der Waals surface area contributed by atoms with Crippen molar-refractivity contribution in [2.24, 2.45) is 5.92 Å². The van der Waals surface area contributed by atoms with E-state index in [4.69, 9.17) is 0 Å². The van der Waals surface area contributed by atoms with Crippen molar-refractivity contribution in [2.45, 2.75) is 46.0 Å². The zero-order chi connectivity index (χ0) is 12.4. The number of carbonyl (C=O) groups is 2. The summed E-state index contributed by atoms with van der Waals surface area (Å²) in [6, 6.07) is 0. The highest BCUT2D eigenvalue weighted by Gasteiger charge is 2.14. The highest BCUT2D eigenvalue weighted by Crippen LogP contribution is 2.14. The first-order valence-electron chi connectivity index (χ1n) is 5.84. The summed E-state index contributed by atoms with van der Waals surface area (Å²) in [6.07, 6.45) is 7.92. The molecule has 0 saturated heterocycles. The molecule has 0 rings (SSSR count). The standard InChI is InChI=1S/C13H22O3/c1-4-5-6-7-8-12(11(2)14)9-10-13(15)16-3/h6-7,12H,4-5,8-10H2,1-3H3. The van der Waals surface area contributed by atoms with Crippen molar-refractivity contribution in [3.05, 3.63) is 12.2 Å². The molecule has 0 aromatic rings. The van der Waals surface area contributed by atoms with Gasteiger partial charge < -0.3 is 4.74 Å². The van der Waals surface area contributed by atoms with Crippen LogP contribution in [0.1, 0.15) is 46.0 Å². The maximum Gasteiger partial charge on any atom is 0.305 e. The van der Waals surface area contributed by atoms with Crippen LogP contribution in [0.5, 0.6) is 0 Å². The fourth-order valence-corrected chi connectivity index (χ4v) is 1.43. The predicted octanol–water partition coefficient (Wildman–Crippen LogP) is 2.89. The number of allylic oxidation sites excluding steroid dienone is 2. The average Bonchev–Trinajstić information content (AvgIpc) is 2.27. The number of unbranched alkanes of at least 4 members (excludes halogenated alkanes) is 1. The molecule has 0 heterocycles. The zero-order valence-electron chi connectivity index (χ0n) is 10.5. The van der Waals surface area contributed by atoms with Crippen molar-refractivity contribution in [3.63, 3.8) is 0 Å². The summed E-state index contributed by atoms with van der Waals surface area (Å²) in [5, 5.41) is 0. The summed E-state index contributed by atoms with van der Waals surface area (Å²) in [7, 11) is 1.37. The van der Waals surface area contributed by atoms with Gasteiger partial charge in [-0.05, 0) is 26.2 Å². The largest absolute Gasteiger partial charge is 0.469 e. The van der Waals surface area contributed by atoms with E-state index in [2.05, 4.69) is 17.7 Å². The number of Topliss-reactive ketones (excluding diaryl/α,β-unsaturated/α-hetero) is 1. The third-order valence-electron chi connectivity index (χ3n) is 2.54. The molecule has 1 atom stereocenters. The first-order valence-corrected chi connectivity index (χ1v) is 5.84. The molecule has 0 amide bonds. The second kappa shape index (κ2) is 9.13. The van der Waals surface area contributed by atoms with E-state index in [1.165, 1.54) is 7.11 Å². The van der Waals surface area contributed by atoms with Crippen LogP contribution in [0.2, 0.25) is 0 Å². The molecule has 16 heavy (non-hydrogen) atoms. The van der Waals surface area contributed by atoms with Gasteiger partial charge in [-0.3, -0.25) is 9.59 Å². The monoisotopic (exact) mass is 226 g/mol. The summed E-state index contributed by atoms with van der Waals surface area (Å²) >= 11 is 0. The van der Waals surface area contributed by atoms with Crippen molar-refractivity contribution in [2.75, 3.05) is 7.11 Å². The summed E-state index contributed by atoms with van der Waals surface area (Å²) in [6.45, 7) is 3.69. The highest BCUT2D eigenvalue weighted by atomic mass is 16.5. The van der Waals surface area contributed by atoms with E-state index in [1.807, 2.05) is 6.08 Å². The molecular weight excluding hydrogens is 204 g/mol. The molecule has 0 fully saturated rings. The summed E-state index contributed by atoms with van der Waals surface area (Å²) in [4.78, 5) is 22.3. The molecule has 92 valence electrons. The van der Waals surface area contributed by atoms with Gasteiger partial charge in [0.2, 0.25) is 0 Å². The number of rotatable bonds is 8. The van der Waals surface area contributed by atoms with Gasteiger partial charge in [0, 0.05) is 12.3 Å². The Morgan fingerprint density at radius 1 is 1.31 bits per heavy atom. The fraction of sp³-hybridized carbons (Fsp3) is 0.692. The third-order valence-corrected chi connectivity index (χ3v) is 2.54. The van der Waals surface area contributed by atoms with Gasteiger partial charge in [-0.2, -0.15) is 0 Å². The number of hydrogen-bond acceptors (Lipinski definition) is 3. The Morgan fingerprint density at radius 2 is 2.00 bits per heavy atom. The van der Waals surface area contributed by atoms with Crippen LogP contribution in [0, 0.1) is 5.92 Å². The topological polar surface area (TPSA) is 43.4 Å². The van der Waals surface area contributed by atoms with Crippen LogP contribution in [0.3, 0.4) is 0 Å². The van der Waals surface area contributed by atoms with Crippen LogP contribution in [0.25, 0.3) is 0 Å². The molecule has 3 nitrogen and oxygen atoms in total. The maximum absolute atomic E-state index is 11.3. The molecule has 0 N–H and O–H groups in total. The van der Waals surface area contributed by atoms with Crippen LogP contribution >= 0.6 is 0 Å². The van der Waals surface area contributed by atoms with Crippen LogP contribution < -0.4 is 0 Å². The molecular formula is C13H22O3. The Balaban J connectivity index is 3.98. The molecule has 0 aromatic heterocycles. The predicted molar refractivity (Wildman–Crippen MR) is 64.1 cm³/mol. The van der Waals surface area contributed by atoms with Crippen molar-refractivity contribution in [1.82, 2.24) is 0 Å². The van der Waals surface area contributed by atoms with Crippen molar-refractivity contribution in [3.8, 4) is 0 Å². The van der Waals surface area contributed by atoms with E-state index in [1.54, 1.807) is 6.92 Å². The summed E-state index contributed by atoms with van der Waals surface area (Å²) in [5.74, 6) is -0.152. The zero-order valence-corrected chi connectivity index (χ0v) is 10.5. The molecule has 1 unspecified atom stereocenters. The summed E-state index contributed by atoms with van der Waals surface area (Å²) < 4.78 is 4.56. The minimum absolute atomic E-state index is 0.0489. The average molecular weight is 226 g/mol. The second-order valence-corrected chi connectivity index (χ2v) is 3.92. The Kier molecular flexibility index (Phi) is 8.49. The lowest BCUT2D eigenvalue weighted by Gasteiger charge is -2.10. The lowest BCUT2D eigenvalue weighted by molar-refractivity contribution is -0.141. The van der Waals surface area contributed by atoms with Crippen molar-refractivity contribution in [1.29, 1.82) is 0 Å². The molecule has 0 aromatic carbocycles. The van der Waals surface area contributed by atoms with Crippen LogP contribution in [0.4, 0.5) is 0 Å². The molecule has 0 aliphatic heterocycles. The van der Waals surface area contributed by atoms with E-state index >= 15 is 0 Å². The van der Waals surface area contributed by atoms with Gasteiger partial charge in [0.1, 0.15) is 5.78 Å². The molecule has 0 aliphatic rings. The lowest BCUT2D eigenvalue weighted by Crippen LogP contribution is -2.12. The first kappa shape index (κ1) is 14.9. The first-order chi connectivity index (χ1) is 7.61. The minimum atomic E-state index is -0.246. The lowest BCUT2D eigenvalue weighted by atomic mass is 9.95. The molecule has 0 aliphatic carbocycles. The molecule has 0 bridgehead atoms. The minimum Gasteiger partial charge on any atom is -0.469 e. The van der Waals surface area contributed by atoms with Crippen LogP contribution in [-0.4, -0.2) is 18.9 Å². The fourth-order valence-electron chi connectivity index (χ4n) is 1.43. The number of methoxy groups -OCH3 is 1. The third kappa shape index (κ3) is 7.21. The Morgan fingerprint density at radius 3 is 2.50 bits per heavy atom. The van der Waals surface area contributed by atoms with E-state index in [-0.39, 0.29) is 17.7 Å². The normalized spacial score (nSPS) is 12.7. The SMILES string of the molecule is CCCC=CCC(CCC(=O)OC)C(C)=O. The van der Waals surface area contributed by atoms with Crippen molar-refractivity contribution >= 4 is 11.8 Å². The Bertz CT molecular complexity index is 244. The van der Waals surface area contributed by atoms with Gasteiger partial charge in [0.15, 0.2) is 0 Å². The van der Waals surface area contributed by atoms with E-state index in [0.29, 0.717) is 12.8 Å². The van der Waals surface area contributed by atoms with Gasteiger partial charge in [0.05, 0.1) is 7.11 Å². The van der Waals surface area contributed by atoms with Crippen LogP contribution in [0.15, 0.2) is 12.2 Å². The Hall–Kier alpha value is -1.12. The highest BCUT2D eigenvalue weighted by molar-refractivity contribution is 5.79. The van der Waals surface area contributed by atoms with Gasteiger partial charge in [-0.1, -0.05) is 25.5 Å². The van der Waals surface area contributed by atoms with Gasteiger partial charge in [-0.25, -0.2) is 0 Å². The number of carbonyl (C=O) groups excluding carboxylic acids is 2. The maximum atomic E-state index is 11.3. The Labute approximate surface area is 97.9 Å². The van der Waals surface area contributed by atoms with Crippen LogP contribution in [-0.2, 0) is 14.3 Å². The van der Waals surface area contributed by atoms with E-state index < -0.39 is 0 Å². The van der Waals surface area contributed by atoms with Gasteiger partial charge >= 0.3 is 5.97 Å². The quantitative estimate of drug-likeness (QED) is 0.472. The molecule has 0 spiro atoms. The van der Waals surface area contributed by atoms with E-state index in [0.717, 1.165) is 19.3 Å². The smallest absolute Gasteiger partial charge is 0.305 e. The van der Waals surface area contributed by atoms with E-state index in [9.17, 15) is 9.59 Å².